The topological polar surface area (TPSA) is 111 Å². The van der Waals surface area contributed by atoms with Crippen LogP contribution >= 0.6 is 0 Å². The van der Waals surface area contributed by atoms with Crippen molar-refractivity contribution in [3.05, 3.63) is 58.8 Å². The van der Waals surface area contributed by atoms with Gasteiger partial charge in [0.2, 0.25) is 11.8 Å². The number of rotatable bonds is 5. The Bertz CT molecular complexity index is 796. The average Bonchev–Trinajstić information content (AvgIpc) is 2.50. The van der Waals surface area contributed by atoms with Crippen molar-refractivity contribution in [1.82, 2.24) is 10.3 Å². The number of nitrogens with zero attached hydrogens (tertiary/aromatic N) is 1. The SMILES string of the molecule is Cc1nc(N)ccc1CNC(=O)[C@H](C(N)=O)c1ccc(F)c(F)c1. The van der Waals surface area contributed by atoms with Crippen LogP contribution in [0.15, 0.2) is 30.3 Å². The molecule has 0 radical (unpaired) electrons. The minimum absolute atomic E-state index is 0.0222. The highest BCUT2D eigenvalue weighted by Crippen LogP contribution is 2.19. The number of aryl methyl sites for hydroxylation is 1. The fourth-order valence-corrected chi connectivity index (χ4v) is 2.22. The summed E-state index contributed by atoms with van der Waals surface area (Å²) < 4.78 is 26.3. The number of anilines is 1. The number of hydrogen-bond donors (Lipinski definition) is 3. The lowest BCUT2D eigenvalue weighted by Crippen LogP contribution is -2.37. The summed E-state index contributed by atoms with van der Waals surface area (Å²) in [6.45, 7) is 1.81. The van der Waals surface area contributed by atoms with Gasteiger partial charge in [0.15, 0.2) is 11.6 Å². The van der Waals surface area contributed by atoms with Crippen molar-refractivity contribution < 1.29 is 18.4 Å². The summed E-state index contributed by atoms with van der Waals surface area (Å²) >= 11 is 0. The van der Waals surface area contributed by atoms with Crippen LogP contribution in [-0.2, 0) is 16.1 Å². The molecule has 2 amide bonds. The van der Waals surface area contributed by atoms with Gasteiger partial charge in [0.05, 0.1) is 0 Å². The Morgan fingerprint density at radius 3 is 2.50 bits per heavy atom. The Balaban J connectivity index is 2.17. The molecular formula is C16H16F2N4O2. The van der Waals surface area contributed by atoms with Gasteiger partial charge in [-0.1, -0.05) is 12.1 Å². The third-order valence-electron chi connectivity index (χ3n) is 3.49. The Kier molecular flexibility index (Phi) is 5.08. The van der Waals surface area contributed by atoms with Gasteiger partial charge in [-0.15, -0.1) is 0 Å². The molecule has 1 aromatic heterocycles. The second kappa shape index (κ2) is 7.03. The Morgan fingerprint density at radius 2 is 1.92 bits per heavy atom. The summed E-state index contributed by atoms with van der Waals surface area (Å²) in [5.74, 6) is -5.01. The number of aromatic nitrogens is 1. The number of amides is 2. The van der Waals surface area contributed by atoms with Gasteiger partial charge in [-0.3, -0.25) is 9.59 Å². The minimum atomic E-state index is -1.43. The third-order valence-corrected chi connectivity index (χ3v) is 3.49. The molecule has 2 rings (SSSR count). The molecule has 0 saturated carbocycles. The second-order valence-corrected chi connectivity index (χ2v) is 5.21. The molecule has 8 heteroatoms. The van der Waals surface area contributed by atoms with E-state index in [9.17, 15) is 18.4 Å². The molecule has 5 N–H and O–H groups in total. The van der Waals surface area contributed by atoms with Crippen molar-refractivity contribution >= 4 is 17.6 Å². The van der Waals surface area contributed by atoms with Gasteiger partial charge in [0.1, 0.15) is 11.7 Å². The van der Waals surface area contributed by atoms with Crippen LogP contribution < -0.4 is 16.8 Å². The van der Waals surface area contributed by atoms with Gasteiger partial charge in [-0.05, 0) is 36.2 Å². The van der Waals surface area contributed by atoms with E-state index in [4.69, 9.17) is 11.5 Å². The van der Waals surface area contributed by atoms with Crippen LogP contribution in [0.4, 0.5) is 14.6 Å². The summed E-state index contributed by atoms with van der Waals surface area (Å²) in [6, 6.07) is 6.02. The van der Waals surface area contributed by atoms with E-state index >= 15 is 0 Å². The van der Waals surface area contributed by atoms with Crippen LogP contribution in [0.2, 0.25) is 0 Å². The normalized spacial score (nSPS) is 11.8. The van der Waals surface area contributed by atoms with Gasteiger partial charge < -0.3 is 16.8 Å². The summed E-state index contributed by atoms with van der Waals surface area (Å²) in [5.41, 5.74) is 12.1. The summed E-state index contributed by atoms with van der Waals surface area (Å²) in [7, 11) is 0. The largest absolute Gasteiger partial charge is 0.384 e. The van der Waals surface area contributed by atoms with E-state index in [1.54, 1.807) is 19.1 Å². The maximum Gasteiger partial charge on any atom is 0.237 e. The molecule has 126 valence electrons. The third kappa shape index (κ3) is 3.83. The quantitative estimate of drug-likeness (QED) is 0.712. The number of carbonyl (C=O) groups is 2. The van der Waals surface area contributed by atoms with E-state index < -0.39 is 29.4 Å². The first-order chi connectivity index (χ1) is 11.3. The molecule has 0 saturated heterocycles. The Labute approximate surface area is 136 Å². The van der Waals surface area contributed by atoms with Crippen LogP contribution in [0.1, 0.15) is 22.7 Å². The summed E-state index contributed by atoms with van der Waals surface area (Å²) in [4.78, 5) is 27.9. The van der Waals surface area contributed by atoms with Crippen LogP contribution in [0.25, 0.3) is 0 Å². The second-order valence-electron chi connectivity index (χ2n) is 5.21. The number of hydrogen-bond acceptors (Lipinski definition) is 4. The molecule has 6 nitrogen and oxygen atoms in total. The van der Waals surface area contributed by atoms with Crippen LogP contribution in [0, 0.1) is 18.6 Å². The number of carbonyl (C=O) groups excluding carboxylic acids is 2. The first-order valence-electron chi connectivity index (χ1n) is 7.03. The van der Waals surface area contributed by atoms with E-state index in [1.165, 1.54) is 0 Å². The number of nitrogens with two attached hydrogens (primary N) is 2. The molecule has 1 heterocycles. The van der Waals surface area contributed by atoms with E-state index in [0.717, 1.165) is 18.2 Å². The van der Waals surface area contributed by atoms with Gasteiger partial charge in [0.25, 0.3) is 0 Å². The molecule has 0 spiro atoms. The summed E-state index contributed by atoms with van der Waals surface area (Å²) in [5, 5.41) is 2.54. The molecule has 0 aliphatic rings. The van der Waals surface area contributed by atoms with Crippen molar-refractivity contribution in [3.63, 3.8) is 0 Å². The molecule has 0 aliphatic heterocycles. The van der Waals surface area contributed by atoms with E-state index in [2.05, 4.69) is 10.3 Å². The number of primary amides is 1. The van der Waals surface area contributed by atoms with Gasteiger partial charge in [-0.25, -0.2) is 13.8 Å². The lowest BCUT2D eigenvalue weighted by molar-refractivity contribution is -0.130. The number of nitrogen functional groups attached to an aromatic ring is 1. The van der Waals surface area contributed by atoms with Gasteiger partial charge in [0, 0.05) is 12.2 Å². The standard InChI is InChI=1S/C16H16F2N4O2/c1-8-10(3-5-13(19)22-8)7-21-16(24)14(15(20)23)9-2-4-11(17)12(18)6-9/h2-6,14H,7H2,1H3,(H2,19,22)(H2,20,23)(H,21,24)/t14-/m0/s1. The molecule has 2 aromatic rings. The van der Waals surface area contributed by atoms with Crippen molar-refractivity contribution in [1.29, 1.82) is 0 Å². The summed E-state index contributed by atoms with van der Waals surface area (Å²) in [6.07, 6.45) is 0. The van der Waals surface area contributed by atoms with Crippen LogP contribution in [-0.4, -0.2) is 16.8 Å². The maximum atomic E-state index is 13.3. The molecule has 24 heavy (non-hydrogen) atoms. The molecule has 0 bridgehead atoms. The van der Waals surface area contributed by atoms with Crippen LogP contribution in [0.3, 0.4) is 0 Å². The van der Waals surface area contributed by atoms with Crippen LogP contribution in [0.5, 0.6) is 0 Å². The number of benzene rings is 1. The zero-order chi connectivity index (χ0) is 17.9. The Morgan fingerprint density at radius 1 is 1.21 bits per heavy atom. The molecule has 0 aliphatic carbocycles. The highest BCUT2D eigenvalue weighted by atomic mass is 19.2. The number of nitrogens with one attached hydrogen (secondary N) is 1. The predicted octanol–water partition coefficient (Wildman–Crippen LogP) is 1.14. The Hall–Kier alpha value is -3.03. The lowest BCUT2D eigenvalue weighted by Gasteiger charge is -2.15. The molecule has 0 fully saturated rings. The number of pyridine rings is 1. The highest BCUT2D eigenvalue weighted by Gasteiger charge is 2.27. The minimum Gasteiger partial charge on any atom is -0.384 e. The predicted molar refractivity (Wildman–Crippen MR) is 83.5 cm³/mol. The molecule has 0 unspecified atom stereocenters. The lowest BCUT2D eigenvalue weighted by atomic mass is 9.97. The average molecular weight is 334 g/mol. The zero-order valence-electron chi connectivity index (χ0n) is 12.8. The smallest absolute Gasteiger partial charge is 0.237 e. The first-order valence-corrected chi connectivity index (χ1v) is 7.03. The molecule has 1 aromatic carbocycles. The molecular weight excluding hydrogens is 318 g/mol. The molecule has 1 atom stereocenters. The van der Waals surface area contributed by atoms with E-state index in [1.807, 2.05) is 0 Å². The zero-order valence-corrected chi connectivity index (χ0v) is 12.8. The maximum absolute atomic E-state index is 13.3. The fourth-order valence-electron chi connectivity index (χ4n) is 2.22. The van der Waals surface area contributed by atoms with E-state index in [-0.39, 0.29) is 12.1 Å². The monoisotopic (exact) mass is 334 g/mol. The highest BCUT2D eigenvalue weighted by molar-refractivity contribution is 6.05. The van der Waals surface area contributed by atoms with Crippen molar-refractivity contribution in [2.45, 2.75) is 19.4 Å². The fraction of sp³-hybridized carbons (Fsp3) is 0.188. The first kappa shape index (κ1) is 17.3. The van der Waals surface area contributed by atoms with Gasteiger partial charge in [-0.2, -0.15) is 0 Å². The van der Waals surface area contributed by atoms with Crippen molar-refractivity contribution in [2.75, 3.05) is 5.73 Å². The van der Waals surface area contributed by atoms with Crippen molar-refractivity contribution in [3.8, 4) is 0 Å². The van der Waals surface area contributed by atoms with Crippen molar-refractivity contribution in [2.24, 2.45) is 5.73 Å². The van der Waals surface area contributed by atoms with E-state index in [0.29, 0.717) is 17.1 Å². The number of halogens is 2. The van der Waals surface area contributed by atoms with Gasteiger partial charge >= 0.3 is 0 Å².